The summed E-state index contributed by atoms with van der Waals surface area (Å²) in [5, 5.41) is 61.7. The summed E-state index contributed by atoms with van der Waals surface area (Å²) >= 11 is 0. The lowest BCUT2D eigenvalue weighted by Gasteiger charge is -2.29. The highest BCUT2D eigenvalue weighted by Crippen LogP contribution is 2.13. The van der Waals surface area contributed by atoms with Crippen LogP contribution in [0.2, 0.25) is 0 Å². The van der Waals surface area contributed by atoms with Crippen LogP contribution in [0, 0.1) is 5.92 Å². The molecule has 1 aromatic carbocycles. The SMILES string of the molecule is CC(C)C[C@@H]1NC(=O)[C@@H](Cc2ccccc2)NC(=O)[C@H](CCNC(=O)OC(C)(C)C)NC(=O)[C@@H](NC(=O)[C@H](CCNC(=O)OC(C)(C)C)NC(=O)[C@@H](NC(=O)[C@@H](O)CCN)C(C)O)CCNC(=O)[C@H](C(C)O)NC(=O)[C@H](CCN)NC(=O)[C@H](CCN)NC1=O. The largest absolute Gasteiger partial charge is 0.444 e. The zero-order valence-corrected chi connectivity index (χ0v) is 52.6. The Balaban J connectivity index is 2.96. The molecule has 2 rings (SSSR count). The number of aliphatic hydroxyl groups excluding tert-OH is 3. The van der Waals surface area contributed by atoms with Crippen molar-refractivity contribution in [2.24, 2.45) is 23.1 Å². The lowest BCUT2D eigenvalue weighted by Crippen LogP contribution is -2.61. The van der Waals surface area contributed by atoms with E-state index in [9.17, 15) is 72.9 Å². The van der Waals surface area contributed by atoms with Gasteiger partial charge in [0.2, 0.25) is 59.1 Å². The van der Waals surface area contributed by atoms with Crippen molar-refractivity contribution in [1.82, 2.24) is 63.8 Å². The Morgan fingerprint density at radius 1 is 0.573 bits per heavy atom. The second kappa shape index (κ2) is 37.9. The van der Waals surface area contributed by atoms with Crippen LogP contribution in [-0.2, 0) is 63.8 Å². The van der Waals surface area contributed by atoms with Gasteiger partial charge >= 0.3 is 12.2 Å². The van der Waals surface area contributed by atoms with Crippen LogP contribution in [0.3, 0.4) is 0 Å². The van der Waals surface area contributed by atoms with Crippen LogP contribution in [-0.4, -0.2) is 210 Å². The van der Waals surface area contributed by atoms with Gasteiger partial charge in [0, 0.05) is 26.1 Å². The highest BCUT2D eigenvalue weighted by atomic mass is 16.6. The third-order valence-corrected chi connectivity index (χ3v) is 13.1. The fourth-order valence-electron chi connectivity index (χ4n) is 8.65. The fraction of sp³-hybridized carbons (Fsp3) is 0.684. The number of nitrogens with one attached hydrogen (secondary N) is 12. The molecule has 1 heterocycles. The standard InChI is InChI=1S/C57H97N15O17/c1-30(2)28-39-49(81)65-34(16-22-58)44(76)64-35(17-23-59)48(80)71-42(31(3)73)52(84)61-25-19-36(66-46(78)38(21-27-63-55(87)89-57(8,9)10)68-53(85)43(32(4)74)72-51(83)41(75)18-24-60)45(77)67-37(20-26-62-54(86)88-56(5,6)7)47(79)70-40(50(82)69-39)29-33-14-12-11-13-15-33/h11-15,30-32,34-43,73-75H,16-29,58-60H2,1-10H3,(H,61,84)(H,62,86)(H,63,87)(H,64,76)(H,65,81)(H,66,78)(H,67,77)(H,68,85)(H,69,82)(H,70,79)(H,71,80)(H,72,83)/t31?,32?,34-,35-,36-,37-,38-,39-,40+,41-,42-,43-/m0/s1. The fourth-order valence-corrected chi connectivity index (χ4v) is 8.65. The first-order valence-electron chi connectivity index (χ1n) is 29.7. The summed E-state index contributed by atoms with van der Waals surface area (Å²) in [5.41, 5.74) is 15.8. The summed E-state index contributed by atoms with van der Waals surface area (Å²) in [5.74, 6) is -10.6. The molecule has 1 aromatic rings. The van der Waals surface area contributed by atoms with Crippen LogP contribution in [0.15, 0.2) is 30.3 Å². The highest BCUT2D eigenvalue weighted by Gasteiger charge is 2.38. The maximum absolute atomic E-state index is 14.9. The number of ether oxygens (including phenoxy) is 2. The van der Waals surface area contributed by atoms with Crippen LogP contribution in [0.5, 0.6) is 0 Å². The minimum absolute atomic E-state index is 0.00840. The first-order valence-corrected chi connectivity index (χ1v) is 29.7. The molecule has 89 heavy (non-hydrogen) atoms. The molecule has 21 N–H and O–H groups in total. The zero-order valence-electron chi connectivity index (χ0n) is 52.6. The molecule has 0 spiro atoms. The van der Waals surface area contributed by atoms with Crippen LogP contribution < -0.4 is 81.0 Å². The lowest BCUT2D eigenvalue weighted by molar-refractivity contribution is -0.138. The number of carbonyl (C=O) groups excluding carboxylic acids is 12. The molecule has 502 valence electrons. The van der Waals surface area contributed by atoms with Crippen molar-refractivity contribution >= 4 is 71.3 Å². The Hall–Kier alpha value is -7.78. The maximum atomic E-state index is 14.9. The summed E-state index contributed by atoms with van der Waals surface area (Å²) in [6, 6.07) is -6.25. The molecule has 1 fully saturated rings. The topological polar surface area (TPSA) is 506 Å². The Bertz CT molecular complexity index is 2530. The second-order valence-corrected chi connectivity index (χ2v) is 24.0. The first-order chi connectivity index (χ1) is 41.6. The number of alkyl carbamates (subject to hydrolysis) is 2. The van der Waals surface area contributed by atoms with Crippen LogP contribution >= 0.6 is 0 Å². The van der Waals surface area contributed by atoms with Crippen molar-refractivity contribution in [3.63, 3.8) is 0 Å². The van der Waals surface area contributed by atoms with E-state index in [1.54, 1.807) is 85.7 Å². The van der Waals surface area contributed by atoms with E-state index >= 15 is 0 Å². The van der Waals surface area contributed by atoms with Gasteiger partial charge in [-0.2, -0.15) is 0 Å². The highest BCUT2D eigenvalue weighted by molar-refractivity contribution is 5.99. The van der Waals surface area contributed by atoms with Crippen LogP contribution in [0.4, 0.5) is 9.59 Å². The number of benzene rings is 1. The molecule has 12 amide bonds. The van der Waals surface area contributed by atoms with Crippen molar-refractivity contribution in [1.29, 1.82) is 0 Å². The molecular weight excluding hydrogens is 1170 g/mol. The molecule has 32 nitrogen and oxygen atoms in total. The summed E-state index contributed by atoms with van der Waals surface area (Å²) in [6.45, 7) is 13.6. The first kappa shape index (κ1) is 77.3. The summed E-state index contributed by atoms with van der Waals surface area (Å²) < 4.78 is 10.7. The van der Waals surface area contributed by atoms with Gasteiger partial charge in [-0.05, 0) is 131 Å². The molecule has 1 aliphatic rings. The van der Waals surface area contributed by atoms with E-state index in [1.807, 2.05) is 0 Å². The number of rotatable bonds is 24. The normalized spacial score (nSPS) is 22.3. The van der Waals surface area contributed by atoms with Gasteiger partial charge in [0.1, 0.15) is 71.7 Å². The van der Waals surface area contributed by atoms with Crippen LogP contribution in [0.25, 0.3) is 0 Å². The van der Waals surface area contributed by atoms with Gasteiger partial charge in [0.25, 0.3) is 0 Å². The number of amides is 12. The van der Waals surface area contributed by atoms with E-state index < -0.39 is 188 Å². The third-order valence-electron chi connectivity index (χ3n) is 13.1. The van der Waals surface area contributed by atoms with Gasteiger partial charge in [-0.15, -0.1) is 0 Å². The van der Waals surface area contributed by atoms with E-state index in [1.165, 1.54) is 6.92 Å². The molecule has 1 saturated heterocycles. The van der Waals surface area contributed by atoms with Gasteiger partial charge in [0.15, 0.2) is 0 Å². The van der Waals surface area contributed by atoms with E-state index in [0.29, 0.717) is 5.56 Å². The van der Waals surface area contributed by atoms with Gasteiger partial charge < -0.3 is 106 Å². The second-order valence-electron chi connectivity index (χ2n) is 24.0. The molecule has 1 aliphatic heterocycles. The quantitative estimate of drug-likeness (QED) is 0.0462. The number of nitrogens with two attached hydrogens (primary N) is 3. The van der Waals surface area contributed by atoms with E-state index in [4.69, 9.17) is 26.7 Å². The van der Waals surface area contributed by atoms with E-state index in [0.717, 1.165) is 6.92 Å². The average molecular weight is 1260 g/mol. The van der Waals surface area contributed by atoms with Crippen molar-refractivity contribution in [2.45, 2.75) is 204 Å². The van der Waals surface area contributed by atoms with E-state index in [2.05, 4.69) is 63.8 Å². The minimum atomic E-state index is -1.83. The molecule has 12 atom stereocenters. The summed E-state index contributed by atoms with van der Waals surface area (Å²) in [6.07, 6.45) is -9.14. The molecular formula is C57H97N15O17. The third kappa shape index (κ3) is 29.4. The molecule has 32 heteroatoms. The molecule has 2 unspecified atom stereocenters. The average Bonchev–Trinajstić information content (AvgIpc) is 2.09. The van der Waals surface area contributed by atoms with Crippen molar-refractivity contribution in [3.8, 4) is 0 Å². The van der Waals surface area contributed by atoms with Gasteiger partial charge in [-0.25, -0.2) is 9.59 Å². The zero-order chi connectivity index (χ0) is 67.3. The number of aliphatic hydroxyl groups is 3. The summed E-state index contributed by atoms with van der Waals surface area (Å²) in [4.78, 5) is 168. The molecule has 0 aromatic heterocycles. The van der Waals surface area contributed by atoms with E-state index in [-0.39, 0.29) is 64.2 Å². The Labute approximate surface area is 518 Å². The minimum Gasteiger partial charge on any atom is -0.444 e. The monoisotopic (exact) mass is 1260 g/mol. The van der Waals surface area contributed by atoms with Crippen LogP contribution in [0.1, 0.15) is 120 Å². The predicted octanol–water partition coefficient (Wildman–Crippen LogP) is -4.84. The molecule has 0 radical (unpaired) electrons. The van der Waals surface area contributed by atoms with Crippen molar-refractivity contribution < 1.29 is 82.3 Å². The molecule has 0 bridgehead atoms. The number of hydrogen-bond acceptors (Lipinski definition) is 20. The Kier molecular flexibility index (Phi) is 32.9. The predicted molar refractivity (Wildman–Crippen MR) is 323 cm³/mol. The van der Waals surface area contributed by atoms with Crippen molar-refractivity contribution in [2.75, 3.05) is 39.3 Å². The van der Waals surface area contributed by atoms with Crippen molar-refractivity contribution in [3.05, 3.63) is 35.9 Å². The Morgan fingerprint density at radius 3 is 1.56 bits per heavy atom. The number of hydrogen-bond donors (Lipinski definition) is 18. The molecule has 0 saturated carbocycles. The van der Waals surface area contributed by atoms with Gasteiger partial charge in [0.05, 0.1) is 12.2 Å². The number of carbonyl (C=O) groups is 12. The van der Waals surface area contributed by atoms with Gasteiger partial charge in [-0.1, -0.05) is 44.2 Å². The van der Waals surface area contributed by atoms with Gasteiger partial charge in [-0.3, -0.25) is 47.9 Å². The maximum Gasteiger partial charge on any atom is 0.407 e. The smallest absolute Gasteiger partial charge is 0.407 e. The lowest BCUT2D eigenvalue weighted by atomic mass is 10.00. The summed E-state index contributed by atoms with van der Waals surface area (Å²) in [7, 11) is 0. The molecule has 0 aliphatic carbocycles. The Morgan fingerprint density at radius 2 is 1.06 bits per heavy atom.